The zero-order chi connectivity index (χ0) is 28.5. The van der Waals surface area contributed by atoms with Gasteiger partial charge in [0.25, 0.3) is 5.01 Å². The number of para-hydroxylation sites is 2. The number of hydrogen-bond donors (Lipinski definition) is 0. The van der Waals surface area contributed by atoms with Crippen LogP contribution < -0.4 is 9.47 Å². The molecule has 4 rings (SSSR count). The summed E-state index contributed by atoms with van der Waals surface area (Å²) >= 11 is 3.79. The Morgan fingerprint density at radius 1 is 0.683 bits per heavy atom. The maximum absolute atomic E-state index is 2.55. The normalized spacial score (nSPS) is 14.2. The summed E-state index contributed by atoms with van der Waals surface area (Å²) in [6.07, 6.45) is 29.5. The highest BCUT2D eigenvalue weighted by Gasteiger charge is 2.23. The van der Waals surface area contributed by atoms with Crippen LogP contribution in [-0.2, 0) is 6.54 Å². The fourth-order valence-electron chi connectivity index (χ4n) is 5.94. The largest absolute Gasteiger partial charge is 0.335 e. The third-order valence-corrected chi connectivity index (χ3v) is 10.6. The molecule has 222 valence electrons. The molecule has 2 aromatic carbocycles. The summed E-state index contributed by atoms with van der Waals surface area (Å²) in [5.41, 5.74) is 2.71. The second kappa shape index (κ2) is 18.5. The molecule has 0 amide bonds. The van der Waals surface area contributed by atoms with Crippen LogP contribution in [0.5, 0.6) is 0 Å². The molecular formula is C37H53N2S2+. The number of thioether (sulfide) groups is 1. The first-order valence-electron chi connectivity index (χ1n) is 16.7. The van der Waals surface area contributed by atoms with Crippen molar-refractivity contribution in [2.45, 2.75) is 128 Å². The first-order chi connectivity index (χ1) is 20.3. The van der Waals surface area contributed by atoms with Crippen LogP contribution in [0, 0.1) is 0 Å². The van der Waals surface area contributed by atoms with Crippen molar-refractivity contribution < 1.29 is 4.57 Å². The van der Waals surface area contributed by atoms with E-state index in [9.17, 15) is 0 Å². The number of allylic oxidation sites excluding steroid dienone is 2. The fourth-order valence-corrected chi connectivity index (χ4v) is 8.18. The maximum atomic E-state index is 2.55. The summed E-state index contributed by atoms with van der Waals surface area (Å²) in [5, 5.41) is 2.67. The number of aromatic nitrogens is 1. The standard InChI is InChI=1S/C37H53N2S2/c1-3-5-6-7-8-9-10-11-12-13-14-15-16-17-18-23-31-39-33-26-20-22-28-35(33)41-37(39)30-24-29-36-38(4-2)32-25-19-21-27-34(32)40-36/h19-22,24-30H,3-18,23,31H2,1-2H3/q+1. The summed E-state index contributed by atoms with van der Waals surface area (Å²) in [6.45, 7) is 6.64. The van der Waals surface area contributed by atoms with Crippen LogP contribution >= 0.6 is 23.1 Å². The molecule has 0 radical (unpaired) electrons. The highest BCUT2D eigenvalue weighted by Crippen LogP contribution is 2.45. The molecule has 0 atom stereocenters. The van der Waals surface area contributed by atoms with Gasteiger partial charge in [-0.3, -0.25) is 0 Å². The molecule has 0 spiro atoms. The number of benzene rings is 2. The molecule has 0 fully saturated rings. The minimum atomic E-state index is 0.992. The number of rotatable bonds is 20. The Bertz CT molecular complexity index is 1220. The van der Waals surface area contributed by atoms with Gasteiger partial charge in [0.05, 0.1) is 10.7 Å². The third kappa shape index (κ3) is 10.0. The second-order valence-electron chi connectivity index (χ2n) is 11.5. The van der Waals surface area contributed by atoms with Crippen molar-refractivity contribution in [3.8, 4) is 0 Å². The molecule has 3 aromatic rings. The van der Waals surface area contributed by atoms with Crippen molar-refractivity contribution in [3.63, 3.8) is 0 Å². The van der Waals surface area contributed by atoms with Crippen LogP contribution in [0.25, 0.3) is 16.3 Å². The van der Waals surface area contributed by atoms with Gasteiger partial charge < -0.3 is 4.90 Å². The van der Waals surface area contributed by atoms with Crippen LogP contribution in [-0.4, -0.2) is 6.54 Å². The number of unbranched alkanes of at least 4 members (excludes halogenated alkanes) is 15. The predicted octanol–water partition coefficient (Wildman–Crippen LogP) is 11.9. The lowest BCUT2D eigenvalue weighted by Gasteiger charge is -2.17. The van der Waals surface area contributed by atoms with Gasteiger partial charge in [0, 0.05) is 30.0 Å². The lowest BCUT2D eigenvalue weighted by atomic mass is 10.0. The predicted molar refractivity (Wildman–Crippen MR) is 184 cm³/mol. The lowest BCUT2D eigenvalue weighted by Crippen LogP contribution is -2.34. The summed E-state index contributed by atoms with van der Waals surface area (Å²) in [5.74, 6) is 0. The Hall–Kier alpha value is -2.04. The molecule has 1 aliphatic heterocycles. The molecule has 1 aromatic heterocycles. The van der Waals surface area contributed by atoms with Crippen LogP contribution in [0.3, 0.4) is 0 Å². The molecule has 0 saturated heterocycles. The topological polar surface area (TPSA) is 7.12 Å². The SMILES string of the molecule is CCCCCCCCCCCCCCCCCC[n+]1c(/C=C/C=C2/Sc3ccccc3N2CC)sc2ccccc21. The van der Waals surface area contributed by atoms with Crippen LogP contribution in [0.1, 0.15) is 122 Å². The molecular weight excluding hydrogens is 537 g/mol. The van der Waals surface area contributed by atoms with Gasteiger partial charge in [-0.05, 0) is 37.6 Å². The maximum Gasteiger partial charge on any atom is 0.262 e. The zero-order valence-electron chi connectivity index (χ0n) is 25.8. The number of hydrogen-bond acceptors (Lipinski definition) is 3. The first kappa shape index (κ1) is 31.9. The zero-order valence-corrected chi connectivity index (χ0v) is 27.4. The van der Waals surface area contributed by atoms with E-state index >= 15 is 0 Å². The lowest BCUT2D eigenvalue weighted by molar-refractivity contribution is -0.669. The summed E-state index contributed by atoms with van der Waals surface area (Å²) in [6, 6.07) is 17.6. The fraction of sp³-hybridized carbons (Fsp3) is 0.541. The molecule has 41 heavy (non-hydrogen) atoms. The van der Waals surface area contributed by atoms with E-state index in [1.54, 1.807) is 0 Å². The van der Waals surface area contributed by atoms with Crippen LogP contribution in [0.15, 0.2) is 70.6 Å². The average molecular weight is 590 g/mol. The van der Waals surface area contributed by atoms with E-state index in [0.29, 0.717) is 0 Å². The molecule has 0 aliphatic carbocycles. The number of aryl methyl sites for hydroxylation is 1. The minimum Gasteiger partial charge on any atom is -0.335 e. The van der Waals surface area contributed by atoms with E-state index in [-0.39, 0.29) is 0 Å². The molecule has 0 unspecified atom stereocenters. The van der Waals surface area contributed by atoms with Crippen molar-refractivity contribution in [3.05, 3.63) is 70.7 Å². The number of anilines is 1. The molecule has 0 N–H and O–H groups in total. The van der Waals surface area contributed by atoms with Crippen LogP contribution in [0.2, 0.25) is 0 Å². The first-order valence-corrected chi connectivity index (χ1v) is 18.3. The quantitative estimate of drug-likeness (QED) is 0.0956. The van der Waals surface area contributed by atoms with E-state index in [1.807, 2.05) is 23.1 Å². The van der Waals surface area contributed by atoms with Gasteiger partial charge in [0.1, 0.15) is 4.70 Å². The summed E-state index contributed by atoms with van der Waals surface area (Å²) < 4.78 is 3.93. The van der Waals surface area contributed by atoms with E-state index in [0.717, 1.165) is 13.1 Å². The Balaban J connectivity index is 1.16. The van der Waals surface area contributed by atoms with Gasteiger partial charge in [0.2, 0.25) is 5.52 Å². The van der Waals surface area contributed by atoms with E-state index < -0.39 is 0 Å². The molecule has 1 aliphatic rings. The molecule has 4 heteroatoms. The third-order valence-electron chi connectivity index (χ3n) is 8.30. The Morgan fingerprint density at radius 2 is 1.27 bits per heavy atom. The number of fused-ring (bicyclic) bond motifs is 2. The van der Waals surface area contributed by atoms with Gasteiger partial charge in [-0.15, -0.1) is 0 Å². The van der Waals surface area contributed by atoms with Crippen molar-refractivity contribution in [2.24, 2.45) is 0 Å². The molecule has 0 saturated carbocycles. The Labute approximate surface area is 258 Å². The van der Waals surface area contributed by atoms with Gasteiger partial charge in [-0.2, -0.15) is 4.57 Å². The highest BCUT2D eigenvalue weighted by molar-refractivity contribution is 8.03. The van der Waals surface area contributed by atoms with Gasteiger partial charge in [-0.1, -0.05) is 150 Å². The van der Waals surface area contributed by atoms with Gasteiger partial charge >= 0.3 is 0 Å². The number of thiazole rings is 1. The van der Waals surface area contributed by atoms with Crippen molar-refractivity contribution in [1.82, 2.24) is 0 Å². The monoisotopic (exact) mass is 589 g/mol. The molecule has 0 bridgehead atoms. The summed E-state index contributed by atoms with van der Waals surface area (Å²) in [4.78, 5) is 3.77. The van der Waals surface area contributed by atoms with E-state index in [1.165, 1.54) is 134 Å². The summed E-state index contributed by atoms with van der Waals surface area (Å²) in [7, 11) is 0. The minimum absolute atomic E-state index is 0.992. The van der Waals surface area contributed by atoms with Gasteiger partial charge in [-0.25, -0.2) is 0 Å². The van der Waals surface area contributed by atoms with E-state index in [4.69, 9.17) is 0 Å². The number of nitrogens with zero attached hydrogens (tertiary/aromatic N) is 2. The second-order valence-corrected chi connectivity index (χ2v) is 13.7. The Kier molecular flexibility index (Phi) is 14.4. The average Bonchev–Trinajstić information content (AvgIpc) is 3.54. The van der Waals surface area contributed by atoms with Crippen molar-refractivity contribution in [1.29, 1.82) is 0 Å². The smallest absolute Gasteiger partial charge is 0.262 e. The molecule has 2 nitrogen and oxygen atoms in total. The Morgan fingerprint density at radius 3 is 1.93 bits per heavy atom. The van der Waals surface area contributed by atoms with Gasteiger partial charge in [0.15, 0.2) is 6.54 Å². The van der Waals surface area contributed by atoms with Crippen molar-refractivity contribution in [2.75, 3.05) is 11.4 Å². The highest BCUT2D eigenvalue weighted by atomic mass is 32.2. The molecule has 2 heterocycles. The van der Waals surface area contributed by atoms with Crippen molar-refractivity contribution >= 4 is 45.1 Å². The van der Waals surface area contributed by atoms with Crippen LogP contribution in [0.4, 0.5) is 5.69 Å². The van der Waals surface area contributed by atoms with E-state index in [2.05, 4.69) is 90.1 Å².